The van der Waals surface area contributed by atoms with Gasteiger partial charge >= 0.3 is 0 Å². The summed E-state index contributed by atoms with van der Waals surface area (Å²) in [6, 6.07) is 19.8. The molecule has 0 radical (unpaired) electrons. The molecule has 1 saturated heterocycles. The van der Waals surface area contributed by atoms with Gasteiger partial charge in [-0.2, -0.15) is 0 Å². The Balaban J connectivity index is 1.47. The highest BCUT2D eigenvalue weighted by atomic mass is 32.2. The van der Waals surface area contributed by atoms with Crippen LogP contribution in [-0.2, 0) is 0 Å². The van der Waals surface area contributed by atoms with Crippen LogP contribution in [-0.4, -0.2) is 45.8 Å². The third kappa shape index (κ3) is 3.92. The lowest BCUT2D eigenvalue weighted by Gasteiger charge is -2.32. The number of aromatic nitrogens is 2. The Morgan fingerprint density at radius 2 is 1.68 bits per heavy atom. The number of rotatable bonds is 5. The summed E-state index contributed by atoms with van der Waals surface area (Å²) in [5, 5.41) is 0.817. The van der Waals surface area contributed by atoms with Crippen LogP contribution in [0.4, 0.5) is 0 Å². The molecule has 0 N–H and O–H groups in total. The van der Waals surface area contributed by atoms with Crippen molar-refractivity contribution >= 4 is 17.7 Å². The molecule has 1 aromatic heterocycles. The zero-order valence-electron chi connectivity index (χ0n) is 15.8. The molecule has 0 atom stereocenters. The summed E-state index contributed by atoms with van der Waals surface area (Å²) in [5.41, 5.74) is 1.56. The Labute approximate surface area is 169 Å². The molecule has 0 bridgehead atoms. The largest absolute Gasteiger partial charge is 0.490 e. The average molecular weight is 394 g/mol. The van der Waals surface area contributed by atoms with E-state index >= 15 is 0 Å². The quantitative estimate of drug-likeness (QED) is 0.607. The second-order valence-corrected chi connectivity index (χ2v) is 7.50. The normalized spacial score (nSPS) is 14.8. The maximum atomic E-state index is 13.2. The zero-order chi connectivity index (χ0) is 19.3. The predicted molar refractivity (Wildman–Crippen MR) is 111 cm³/mol. The molecule has 4 rings (SSSR count). The highest BCUT2D eigenvalue weighted by molar-refractivity contribution is 7.98. The first kappa shape index (κ1) is 18.6. The van der Waals surface area contributed by atoms with Gasteiger partial charge in [-0.15, -0.1) is 0 Å². The third-order valence-corrected chi connectivity index (χ3v) is 5.57. The molecule has 0 aliphatic carbocycles. The summed E-state index contributed by atoms with van der Waals surface area (Å²) in [4.78, 5) is 19.6. The van der Waals surface area contributed by atoms with E-state index in [0.29, 0.717) is 18.8 Å². The number of likely N-dealkylation sites (tertiary alicyclic amines) is 1. The highest BCUT2D eigenvalue weighted by Gasteiger charge is 2.27. The van der Waals surface area contributed by atoms with E-state index < -0.39 is 0 Å². The van der Waals surface area contributed by atoms with Gasteiger partial charge in [0.2, 0.25) is 0 Å². The smallest absolute Gasteiger partial charge is 0.272 e. The number of imidazole rings is 1. The summed E-state index contributed by atoms with van der Waals surface area (Å²) >= 11 is 1.54. The molecule has 144 valence electrons. The number of piperidine rings is 1. The van der Waals surface area contributed by atoms with Crippen molar-refractivity contribution in [2.75, 3.05) is 19.3 Å². The van der Waals surface area contributed by atoms with Crippen LogP contribution in [0.25, 0.3) is 5.69 Å². The van der Waals surface area contributed by atoms with Gasteiger partial charge in [0.15, 0.2) is 5.16 Å². The van der Waals surface area contributed by atoms with Crippen LogP contribution < -0.4 is 4.74 Å². The summed E-state index contributed by atoms with van der Waals surface area (Å²) in [7, 11) is 0. The fourth-order valence-electron chi connectivity index (χ4n) is 3.49. The van der Waals surface area contributed by atoms with E-state index in [2.05, 4.69) is 4.98 Å². The van der Waals surface area contributed by atoms with E-state index in [0.717, 1.165) is 29.4 Å². The van der Waals surface area contributed by atoms with Gasteiger partial charge in [0.25, 0.3) is 5.91 Å². The maximum Gasteiger partial charge on any atom is 0.272 e. The van der Waals surface area contributed by atoms with Crippen molar-refractivity contribution in [3.05, 3.63) is 72.6 Å². The van der Waals surface area contributed by atoms with Gasteiger partial charge < -0.3 is 9.64 Å². The van der Waals surface area contributed by atoms with E-state index in [9.17, 15) is 4.79 Å². The molecule has 1 aliphatic heterocycles. The molecule has 5 nitrogen and oxygen atoms in total. The molecule has 1 aliphatic rings. The number of para-hydroxylation sites is 2. The van der Waals surface area contributed by atoms with Crippen LogP contribution in [0.2, 0.25) is 0 Å². The number of benzene rings is 2. The van der Waals surface area contributed by atoms with Crippen molar-refractivity contribution in [2.24, 2.45) is 0 Å². The fraction of sp³-hybridized carbons (Fsp3) is 0.273. The molecule has 0 spiro atoms. The third-order valence-electron chi connectivity index (χ3n) is 4.92. The van der Waals surface area contributed by atoms with Crippen molar-refractivity contribution in [2.45, 2.75) is 24.1 Å². The lowest BCUT2D eigenvalue weighted by molar-refractivity contribution is 0.0587. The second kappa shape index (κ2) is 8.52. The maximum absolute atomic E-state index is 13.2. The van der Waals surface area contributed by atoms with Crippen LogP contribution in [0.15, 0.2) is 72.0 Å². The Morgan fingerprint density at radius 3 is 2.32 bits per heavy atom. The standard InChI is InChI=1S/C22H23N3O2S/c1-28-22-23-16-20(25(22)17-8-4-2-5-9-17)21(26)24-14-12-19(13-15-24)27-18-10-6-3-7-11-18/h2-11,16,19H,12-15H2,1H3. The van der Waals surface area contributed by atoms with Crippen LogP contribution in [0, 0.1) is 0 Å². The number of amides is 1. The van der Waals surface area contributed by atoms with Crippen molar-refractivity contribution in [3.63, 3.8) is 0 Å². The number of hydrogen-bond donors (Lipinski definition) is 0. The molecule has 0 saturated carbocycles. The molecule has 1 amide bonds. The van der Waals surface area contributed by atoms with Crippen molar-refractivity contribution < 1.29 is 9.53 Å². The molecule has 1 fully saturated rings. The van der Waals surface area contributed by atoms with E-state index in [1.807, 2.05) is 76.4 Å². The number of carbonyl (C=O) groups is 1. The minimum absolute atomic E-state index is 0.0230. The van der Waals surface area contributed by atoms with Gasteiger partial charge in [-0.25, -0.2) is 4.98 Å². The number of thioether (sulfide) groups is 1. The van der Waals surface area contributed by atoms with Gasteiger partial charge in [0.1, 0.15) is 17.5 Å². The first-order valence-electron chi connectivity index (χ1n) is 9.44. The summed E-state index contributed by atoms with van der Waals surface area (Å²) in [5.74, 6) is 0.911. The summed E-state index contributed by atoms with van der Waals surface area (Å²) in [6.45, 7) is 1.37. The predicted octanol–water partition coefficient (Wildman–Crippen LogP) is 4.28. The Kier molecular flexibility index (Phi) is 5.67. The van der Waals surface area contributed by atoms with Gasteiger partial charge in [-0.3, -0.25) is 9.36 Å². The Morgan fingerprint density at radius 1 is 1.04 bits per heavy atom. The average Bonchev–Trinajstić information content (AvgIpc) is 3.19. The van der Waals surface area contributed by atoms with Crippen LogP contribution in [0.3, 0.4) is 0 Å². The van der Waals surface area contributed by atoms with Crippen LogP contribution in [0.5, 0.6) is 5.75 Å². The van der Waals surface area contributed by atoms with Gasteiger partial charge in [-0.1, -0.05) is 48.2 Å². The fourth-order valence-corrected chi connectivity index (χ4v) is 4.03. The van der Waals surface area contributed by atoms with Gasteiger partial charge in [0, 0.05) is 31.6 Å². The number of nitrogens with zero attached hydrogens (tertiary/aromatic N) is 3. The molecular formula is C22H23N3O2S. The van der Waals surface area contributed by atoms with Crippen molar-refractivity contribution in [3.8, 4) is 11.4 Å². The number of carbonyl (C=O) groups excluding carboxylic acids is 1. The molecule has 28 heavy (non-hydrogen) atoms. The van der Waals surface area contributed by atoms with Gasteiger partial charge in [0.05, 0.1) is 6.20 Å². The molecule has 6 heteroatoms. The Hall–Kier alpha value is -2.73. The molecule has 0 unspecified atom stereocenters. The SMILES string of the molecule is CSc1ncc(C(=O)N2CCC(Oc3ccccc3)CC2)n1-c1ccccc1. The van der Waals surface area contributed by atoms with E-state index in [1.54, 1.807) is 6.20 Å². The molecular weight excluding hydrogens is 370 g/mol. The molecule has 3 aromatic rings. The van der Waals surface area contributed by atoms with E-state index in [1.165, 1.54) is 11.8 Å². The lowest BCUT2D eigenvalue weighted by atomic mass is 10.1. The first-order valence-corrected chi connectivity index (χ1v) is 10.7. The first-order chi connectivity index (χ1) is 13.8. The number of ether oxygens (including phenoxy) is 1. The molecule has 2 heterocycles. The van der Waals surface area contributed by atoms with E-state index in [-0.39, 0.29) is 12.0 Å². The highest BCUT2D eigenvalue weighted by Crippen LogP contribution is 2.24. The van der Waals surface area contributed by atoms with Crippen LogP contribution >= 0.6 is 11.8 Å². The minimum atomic E-state index is 0.0230. The van der Waals surface area contributed by atoms with Crippen molar-refractivity contribution in [1.82, 2.24) is 14.5 Å². The zero-order valence-corrected chi connectivity index (χ0v) is 16.6. The minimum Gasteiger partial charge on any atom is -0.490 e. The molecule has 2 aromatic carbocycles. The van der Waals surface area contributed by atoms with Gasteiger partial charge in [-0.05, 0) is 30.5 Å². The monoisotopic (exact) mass is 393 g/mol. The summed E-state index contributed by atoms with van der Waals surface area (Å²) in [6.07, 6.45) is 5.47. The Bertz CT molecular complexity index is 919. The van der Waals surface area contributed by atoms with Crippen LogP contribution in [0.1, 0.15) is 23.3 Å². The summed E-state index contributed by atoms with van der Waals surface area (Å²) < 4.78 is 7.99. The second-order valence-electron chi connectivity index (χ2n) is 6.72. The van der Waals surface area contributed by atoms with Crippen molar-refractivity contribution in [1.29, 1.82) is 0 Å². The van der Waals surface area contributed by atoms with E-state index in [4.69, 9.17) is 4.74 Å². The number of hydrogen-bond acceptors (Lipinski definition) is 4. The lowest BCUT2D eigenvalue weighted by Crippen LogP contribution is -2.42. The topological polar surface area (TPSA) is 47.4 Å².